The minimum absolute atomic E-state index is 0.176. The van der Waals surface area contributed by atoms with E-state index < -0.39 is 0 Å². The van der Waals surface area contributed by atoms with Crippen LogP contribution >= 0.6 is 0 Å². The van der Waals surface area contributed by atoms with Crippen molar-refractivity contribution < 1.29 is 14.3 Å². The third-order valence-corrected chi connectivity index (χ3v) is 5.38. The molecule has 3 aromatic carbocycles. The van der Waals surface area contributed by atoms with E-state index in [1.807, 2.05) is 48.5 Å². The number of carbonyl (C=O) groups excluding carboxylic acids is 1. The topological polar surface area (TPSA) is 71.6 Å². The summed E-state index contributed by atoms with van der Waals surface area (Å²) in [6.07, 6.45) is 0. The molecule has 6 heteroatoms. The van der Waals surface area contributed by atoms with Gasteiger partial charge in [0, 0.05) is 23.9 Å². The van der Waals surface area contributed by atoms with Crippen molar-refractivity contribution in [3.63, 3.8) is 0 Å². The Morgan fingerprint density at radius 2 is 1.62 bits per heavy atom. The lowest BCUT2D eigenvalue weighted by atomic mass is 9.99. The number of methoxy groups -OCH3 is 2. The lowest BCUT2D eigenvalue weighted by molar-refractivity contribution is -0.110. The molecule has 3 N–H and O–H groups in total. The second kappa shape index (κ2) is 9.58. The zero-order valence-corrected chi connectivity index (χ0v) is 18.5. The van der Waals surface area contributed by atoms with Crippen LogP contribution in [0, 0.1) is 0 Å². The van der Waals surface area contributed by atoms with Gasteiger partial charge in [-0.1, -0.05) is 49.4 Å². The van der Waals surface area contributed by atoms with Gasteiger partial charge in [-0.25, -0.2) is 0 Å². The zero-order valence-electron chi connectivity index (χ0n) is 18.5. The molecule has 0 radical (unpaired) electrons. The molecule has 0 unspecified atom stereocenters. The molecule has 4 rings (SSSR count). The number of rotatable bonds is 8. The lowest BCUT2D eigenvalue weighted by Gasteiger charge is -2.16. The van der Waals surface area contributed by atoms with Crippen LogP contribution in [0.4, 0.5) is 11.4 Å². The first-order valence-corrected chi connectivity index (χ1v) is 10.6. The molecule has 0 atom stereocenters. The van der Waals surface area contributed by atoms with Gasteiger partial charge in [0.25, 0.3) is 5.91 Å². The summed E-state index contributed by atoms with van der Waals surface area (Å²) in [5, 5.41) is 9.77. The number of anilines is 2. The standard InChI is InChI=1S/C26H27N3O3/c1-4-27-16-17-10-12-19(13-11-17)28-25(18-8-6-5-7-9-18)24-20-14-22(31-2)23(32-3)15-21(20)29-26(24)30/h5-15,27-28H,4,16H2,1-3H3,(H,29,30). The average Bonchev–Trinajstić information content (AvgIpc) is 3.15. The fourth-order valence-electron chi connectivity index (χ4n) is 3.75. The molecule has 32 heavy (non-hydrogen) atoms. The number of ether oxygens (including phenoxy) is 2. The Hall–Kier alpha value is -3.77. The molecule has 0 fully saturated rings. The molecule has 0 saturated carbocycles. The molecule has 1 amide bonds. The Kier molecular flexibility index (Phi) is 6.42. The highest BCUT2D eigenvalue weighted by atomic mass is 16.5. The minimum atomic E-state index is -0.176. The summed E-state index contributed by atoms with van der Waals surface area (Å²) in [6, 6.07) is 21.7. The summed E-state index contributed by atoms with van der Waals surface area (Å²) < 4.78 is 10.9. The average molecular weight is 430 g/mol. The van der Waals surface area contributed by atoms with E-state index in [1.165, 1.54) is 5.56 Å². The SMILES string of the molecule is CCNCc1ccc(NC(=C2C(=O)Nc3cc(OC)c(OC)cc32)c2ccccc2)cc1. The number of nitrogens with one attached hydrogen (secondary N) is 3. The molecule has 0 bridgehead atoms. The van der Waals surface area contributed by atoms with E-state index in [-0.39, 0.29) is 5.91 Å². The van der Waals surface area contributed by atoms with Crippen LogP contribution in [-0.4, -0.2) is 26.7 Å². The van der Waals surface area contributed by atoms with Gasteiger partial charge in [0.1, 0.15) is 0 Å². The van der Waals surface area contributed by atoms with Gasteiger partial charge in [-0.3, -0.25) is 4.79 Å². The van der Waals surface area contributed by atoms with Crippen molar-refractivity contribution in [1.29, 1.82) is 0 Å². The lowest BCUT2D eigenvalue weighted by Crippen LogP contribution is -2.12. The summed E-state index contributed by atoms with van der Waals surface area (Å²) >= 11 is 0. The summed E-state index contributed by atoms with van der Waals surface area (Å²) in [4.78, 5) is 13.1. The summed E-state index contributed by atoms with van der Waals surface area (Å²) in [5.41, 5.74) is 5.77. The summed E-state index contributed by atoms with van der Waals surface area (Å²) in [7, 11) is 3.16. The fourth-order valence-corrected chi connectivity index (χ4v) is 3.75. The van der Waals surface area contributed by atoms with Crippen LogP contribution < -0.4 is 25.4 Å². The molecule has 1 heterocycles. The largest absolute Gasteiger partial charge is 0.493 e. The third-order valence-electron chi connectivity index (χ3n) is 5.38. The molecule has 0 spiro atoms. The van der Waals surface area contributed by atoms with Gasteiger partial charge in [-0.15, -0.1) is 0 Å². The van der Waals surface area contributed by atoms with Crippen molar-refractivity contribution >= 4 is 28.6 Å². The third kappa shape index (κ3) is 4.31. The molecule has 3 aromatic rings. The molecular formula is C26H27N3O3. The number of fused-ring (bicyclic) bond motifs is 1. The van der Waals surface area contributed by atoms with Crippen molar-refractivity contribution in [1.82, 2.24) is 5.32 Å². The van der Waals surface area contributed by atoms with Crippen molar-refractivity contribution in [3.05, 3.63) is 83.4 Å². The Morgan fingerprint density at radius 1 is 0.938 bits per heavy atom. The Labute approximate surface area is 188 Å². The van der Waals surface area contributed by atoms with E-state index in [0.717, 1.165) is 35.6 Å². The van der Waals surface area contributed by atoms with E-state index in [0.29, 0.717) is 22.8 Å². The molecule has 1 aliphatic rings. The smallest absolute Gasteiger partial charge is 0.258 e. The summed E-state index contributed by atoms with van der Waals surface area (Å²) in [5.74, 6) is 0.962. The molecule has 1 aliphatic heterocycles. The Balaban J connectivity index is 1.80. The predicted octanol–water partition coefficient (Wildman–Crippen LogP) is 4.75. The Bertz CT molecular complexity index is 1140. The number of carbonyl (C=O) groups is 1. The number of hydrogen-bond donors (Lipinski definition) is 3. The Morgan fingerprint density at radius 3 is 2.28 bits per heavy atom. The van der Waals surface area contributed by atoms with Gasteiger partial charge in [0.05, 0.1) is 31.2 Å². The van der Waals surface area contributed by atoms with Crippen LogP contribution in [0.5, 0.6) is 11.5 Å². The number of hydrogen-bond acceptors (Lipinski definition) is 5. The van der Waals surface area contributed by atoms with Crippen molar-refractivity contribution in [2.75, 3.05) is 31.4 Å². The van der Waals surface area contributed by atoms with Gasteiger partial charge in [-0.05, 0) is 35.9 Å². The fraction of sp³-hybridized carbons (Fsp3) is 0.192. The number of amides is 1. The predicted molar refractivity (Wildman–Crippen MR) is 129 cm³/mol. The highest BCUT2D eigenvalue weighted by Crippen LogP contribution is 2.43. The maximum Gasteiger partial charge on any atom is 0.258 e. The van der Waals surface area contributed by atoms with Gasteiger partial charge in [-0.2, -0.15) is 0 Å². The van der Waals surface area contributed by atoms with E-state index in [9.17, 15) is 4.79 Å². The van der Waals surface area contributed by atoms with Gasteiger partial charge in [0.15, 0.2) is 11.5 Å². The van der Waals surface area contributed by atoms with Crippen LogP contribution in [0.1, 0.15) is 23.6 Å². The summed E-state index contributed by atoms with van der Waals surface area (Å²) in [6.45, 7) is 3.83. The van der Waals surface area contributed by atoms with Crippen LogP contribution in [0.3, 0.4) is 0 Å². The maximum atomic E-state index is 13.1. The van der Waals surface area contributed by atoms with Gasteiger partial charge in [0.2, 0.25) is 0 Å². The van der Waals surface area contributed by atoms with E-state index in [4.69, 9.17) is 9.47 Å². The van der Waals surface area contributed by atoms with Crippen molar-refractivity contribution in [2.24, 2.45) is 0 Å². The van der Waals surface area contributed by atoms with E-state index >= 15 is 0 Å². The van der Waals surface area contributed by atoms with Crippen molar-refractivity contribution in [3.8, 4) is 11.5 Å². The van der Waals surface area contributed by atoms with Crippen LogP contribution in [-0.2, 0) is 11.3 Å². The zero-order chi connectivity index (χ0) is 22.5. The first-order valence-electron chi connectivity index (χ1n) is 10.6. The number of benzene rings is 3. The van der Waals surface area contributed by atoms with E-state index in [1.54, 1.807) is 20.3 Å². The minimum Gasteiger partial charge on any atom is -0.493 e. The first-order chi connectivity index (χ1) is 15.6. The highest BCUT2D eigenvalue weighted by molar-refractivity contribution is 6.37. The molecule has 0 aliphatic carbocycles. The monoisotopic (exact) mass is 429 g/mol. The molecule has 0 aromatic heterocycles. The van der Waals surface area contributed by atoms with Crippen LogP contribution in [0.2, 0.25) is 0 Å². The molecular weight excluding hydrogens is 402 g/mol. The van der Waals surface area contributed by atoms with Crippen LogP contribution in [0.15, 0.2) is 66.7 Å². The molecule has 0 saturated heterocycles. The second-order valence-corrected chi connectivity index (χ2v) is 7.43. The molecule has 6 nitrogen and oxygen atoms in total. The van der Waals surface area contributed by atoms with Crippen LogP contribution in [0.25, 0.3) is 11.3 Å². The second-order valence-electron chi connectivity index (χ2n) is 7.43. The maximum absolute atomic E-state index is 13.1. The normalized spacial score (nSPS) is 13.9. The molecule has 164 valence electrons. The highest BCUT2D eigenvalue weighted by Gasteiger charge is 2.30. The van der Waals surface area contributed by atoms with E-state index in [2.05, 4.69) is 35.0 Å². The quantitative estimate of drug-likeness (QED) is 0.451. The van der Waals surface area contributed by atoms with Gasteiger partial charge < -0.3 is 25.4 Å². The van der Waals surface area contributed by atoms with Gasteiger partial charge >= 0.3 is 0 Å². The van der Waals surface area contributed by atoms with Crippen molar-refractivity contribution in [2.45, 2.75) is 13.5 Å². The first kappa shape index (κ1) is 21.5.